The zero-order chi connectivity index (χ0) is 15.2. The van der Waals surface area contributed by atoms with Gasteiger partial charge in [-0.1, -0.05) is 23.7 Å². The van der Waals surface area contributed by atoms with E-state index in [2.05, 4.69) is 9.72 Å². The number of pyridine rings is 1. The van der Waals surface area contributed by atoms with Crippen molar-refractivity contribution in [3.05, 3.63) is 58.9 Å². The predicted molar refractivity (Wildman–Crippen MR) is 71.4 cm³/mol. The first-order valence-electron chi connectivity index (χ1n) is 5.87. The molecule has 7 heteroatoms. The van der Waals surface area contributed by atoms with Crippen molar-refractivity contribution in [1.82, 2.24) is 4.98 Å². The molecule has 0 aliphatic carbocycles. The number of alkyl halides is 2. The quantitative estimate of drug-likeness (QED) is 0.624. The lowest BCUT2D eigenvalue weighted by atomic mass is 10.2. The van der Waals surface area contributed by atoms with E-state index in [1.165, 1.54) is 42.6 Å². The maximum atomic E-state index is 12.0. The van der Waals surface area contributed by atoms with E-state index in [-0.39, 0.29) is 23.1 Å². The van der Waals surface area contributed by atoms with Crippen molar-refractivity contribution in [3.8, 4) is 5.75 Å². The van der Waals surface area contributed by atoms with Crippen molar-refractivity contribution < 1.29 is 23.0 Å². The van der Waals surface area contributed by atoms with Gasteiger partial charge in [-0.2, -0.15) is 8.78 Å². The fourth-order valence-corrected chi connectivity index (χ4v) is 1.70. The van der Waals surface area contributed by atoms with E-state index in [4.69, 9.17) is 16.3 Å². The molecule has 0 spiro atoms. The highest BCUT2D eigenvalue weighted by atomic mass is 35.5. The van der Waals surface area contributed by atoms with Crippen molar-refractivity contribution in [1.29, 1.82) is 0 Å². The number of hydrogen-bond acceptors (Lipinski definition) is 4. The number of hydrogen-bond donors (Lipinski definition) is 0. The highest BCUT2D eigenvalue weighted by Gasteiger charge is 2.09. The van der Waals surface area contributed by atoms with Crippen LogP contribution in [0, 0.1) is 0 Å². The van der Waals surface area contributed by atoms with E-state index < -0.39 is 12.6 Å². The average molecular weight is 314 g/mol. The molecular weight excluding hydrogens is 304 g/mol. The van der Waals surface area contributed by atoms with Crippen LogP contribution < -0.4 is 4.74 Å². The minimum absolute atomic E-state index is 0.00767. The SMILES string of the molecule is O=C(OCc1ccc(OC(F)F)cc1)c1ccnc(Cl)c1. The van der Waals surface area contributed by atoms with Crippen LogP contribution in [0.1, 0.15) is 15.9 Å². The maximum absolute atomic E-state index is 12.0. The van der Waals surface area contributed by atoms with Crippen LogP contribution in [0.15, 0.2) is 42.6 Å². The van der Waals surface area contributed by atoms with Gasteiger partial charge in [-0.15, -0.1) is 0 Å². The Balaban J connectivity index is 1.92. The van der Waals surface area contributed by atoms with E-state index >= 15 is 0 Å². The Kier molecular flexibility index (Phi) is 5.05. The molecule has 0 bridgehead atoms. The number of nitrogens with zero attached hydrogens (tertiary/aromatic N) is 1. The van der Waals surface area contributed by atoms with Gasteiger partial charge in [-0.05, 0) is 29.8 Å². The molecular formula is C14H10ClF2NO3. The average Bonchev–Trinajstić information content (AvgIpc) is 2.45. The second kappa shape index (κ2) is 6.99. The van der Waals surface area contributed by atoms with Gasteiger partial charge in [0.2, 0.25) is 0 Å². The molecule has 2 rings (SSSR count). The Morgan fingerprint density at radius 3 is 2.57 bits per heavy atom. The van der Waals surface area contributed by atoms with Gasteiger partial charge in [0.1, 0.15) is 17.5 Å². The number of carbonyl (C=O) groups excluding carboxylic acids is 1. The predicted octanol–water partition coefficient (Wildman–Crippen LogP) is 3.69. The summed E-state index contributed by atoms with van der Waals surface area (Å²) >= 11 is 5.67. The van der Waals surface area contributed by atoms with Crippen LogP contribution in [0.3, 0.4) is 0 Å². The number of ether oxygens (including phenoxy) is 2. The molecule has 0 N–H and O–H groups in total. The standard InChI is InChI=1S/C14H10ClF2NO3/c15-12-7-10(5-6-18-12)13(19)20-8-9-1-3-11(4-2-9)21-14(16)17/h1-7,14H,8H2. The monoisotopic (exact) mass is 313 g/mol. The molecule has 0 saturated heterocycles. The summed E-state index contributed by atoms with van der Waals surface area (Å²) < 4.78 is 33.3. The molecule has 4 nitrogen and oxygen atoms in total. The normalized spacial score (nSPS) is 10.5. The molecule has 0 aliphatic rings. The number of aromatic nitrogens is 1. The van der Waals surface area contributed by atoms with Crippen molar-refractivity contribution in [2.45, 2.75) is 13.2 Å². The van der Waals surface area contributed by atoms with Crippen molar-refractivity contribution >= 4 is 17.6 Å². The minimum atomic E-state index is -2.87. The first-order chi connectivity index (χ1) is 10.0. The summed E-state index contributed by atoms with van der Waals surface area (Å²) in [6, 6.07) is 8.68. The Labute approximate surface area is 124 Å². The molecule has 1 aromatic carbocycles. The first-order valence-corrected chi connectivity index (χ1v) is 6.25. The van der Waals surface area contributed by atoms with E-state index in [9.17, 15) is 13.6 Å². The number of benzene rings is 1. The molecule has 2 aromatic rings. The van der Waals surface area contributed by atoms with Gasteiger partial charge in [0.05, 0.1) is 5.56 Å². The number of carbonyl (C=O) groups is 1. The van der Waals surface area contributed by atoms with E-state index in [1.54, 1.807) is 0 Å². The van der Waals surface area contributed by atoms with Gasteiger partial charge in [-0.3, -0.25) is 0 Å². The molecule has 1 heterocycles. The van der Waals surface area contributed by atoms with Crippen LogP contribution in [0.5, 0.6) is 5.75 Å². The molecule has 21 heavy (non-hydrogen) atoms. The maximum Gasteiger partial charge on any atom is 0.387 e. The summed E-state index contributed by atoms with van der Waals surface area (Å²) in [6.45, 7) is -2.86. The smallest absolute Gasteiger partial charge is 0.387 e. The fraction of sp³-hybridized carbons (Fsp3) is 0.143. The molecule has 0 fully saturated rings. The molecule has 0 saturated carbocycles. The van der Waals surface area contributed by atoms with Gasteiger partial charge >= 0.3 is 12.6 Å². The van der Waals surface area contributed by atoms with E-state index in [1.807, 2.05) is 0 Å². The third-order valence-electron chi connectivity index (χ3n) is 2.48. The molecule has 0 atom stereocenters. The molecule has 1 aromatic heterocycles. The van der Waals surface area contributed by atoms with Crippen LogP contribution >= 0.6 is 11.6 Å². The third kappa shape index (κ3) is 4.68. The highest BCUT2D eigenvalue weighted by molar-refractivity contribution is 6.29. The second-order valence-corrected chi connectivity index (χ2v) is 4.35. The lowest BCUT2D eigenvalue weighted by Crippen LogP contribution is -2.06. The van der Waals surface area contributed by atoms with Crippen LogP contribution in [0.4, 0.5) is 8.78 Å². The van der Waals surface area contributed by atoms with Crippen LogP contribution in [0.25, 0.3) is 0 Å². The molecule has 0 radical (unpaired) electrons. The summed E-state index contributed by atoms with van der Waals surface area (Å²) in [4.78, 5) is 15.5. The fourth-order valence-electron chi connectivity index (χ4n) is 1.53. The van der Waals surface area contributed by atoms with Crippen LogP contribution in [-0.2, 0) is 11.3 Å². The lowest BCUT2D eigenvalue weighted by Gasteiger charge is -2.07. The number of rotatable bonds is 5. The van der Waals surface area contributed by atoms with Crippen LogP contribution in [0.2, 0.25) is 5.15 Å². The van der Waals surface area contributed by atoms with Crippen LogP contribution in [-0.4, -0.2) is 17.6 Å². The molecule has 0 aliphatic heterocycles. The molecule has 110 valence electrons. The van der Waals surface area contributed by atoms with E-state index in [0.717, 1.165) is 0 Å². The topological polar surface area (TPSA) is 48.4 Å². The summed E-state index contributed by atoms with van der Waals surface area (Å²) in [5.74, 6) is -0.506. The Morgan fingerprint density at radius 2 is 1.95 bits per heavy atom. The zero-order valence-corrected chi connectivity index (χ0v) is 11.4. The minimum Gasteiger partial charge on any atom is -0.457 e. The highest BCUT2D eigenvalue weighted by Crippen LogP contribution is 2.16. The van der Waals surface area contributed by atoms with Gasteiger partial charge in [-0.25, -0.2) is 9.78 Å². The lowest BCUT2D eigenvalue weighted by molar-refractivity contribution is -0.0498. The summed E-state index contributed by atoms with van der Waals surface area (Å²) in [6.07, 6.45) is 1.40. The zero-order valence-electron chi connectivity index (χ0n) is 10.6. The molecule has 0 unspecified atom stereocenters. The third-order valence-corrected chi connectivity index (χ3v) is 2.69. The summed E-state index contributed by atoms with van der Waals surface area (Å²) in [7, 11) is 0. The van der Waals surface area contributed by atoms with Crippen molar-refractivity contribution in [3.63, 3.8) is 0 Å². The van der Waals surface area contributed by atoms with Gasteiger partial charge in [0.15, 0.2) is 0 Å². The van der Waals surface area contributed by atoms with E-state index in [0.29, 0.717) is 5.56 Å². The van der Waals surface area contributed by atoms with Gasteiger partial charge in [0.25, 0.3) is 0 Å². The van der Waals surface area contributed by atoms with Gasteiger partial charge < -0.3 is 9.47 Å². The first kappa shape index (κ1) is 15.2. The van der Waals surface area contributed by atoms with Crippen molar-refractivity contribution in [2.24, 2.45) is 0 Å². The largest absolute Gasteiger partial charge is 0.457 e. The second-order valence-electron chi connectivity index (χ2n) is 3.97. The molecule has 0 amide bonds. The van der Waals surface area contributed by atoms with Gasteiger partial charge in [0, 0.05) is 6.20 Å². The summed E-state index contributed by atoms with van der Waals surface area (Å²) in [5, 5.41) is 0.193. The Morgan fingerprint density at radius 1 is 1.24 bits per heavy atom. The number of halogens is 3. The summed E-state index contributed by atoms with van der Waals surface area (Å²) in [5.41, 5.74) is 0.928. The van der Waals surface area contributed by atoms with Crippen molar-refractivity contribution in [2.75, 3.05) is 0 Å². The number of esters is 1. The Hall–Kier alpha value is -2.21. The Bertz CT molecular complexity index is 620.